The fraction of sp³-hybridized carbons (Fsp3) is 0.273. The number of rotatable bonds is 3. The zero-order chi connectivity index (χ0) is 11.5. The standard InChI is InChI=1S/C11H10N2O3/c12-5-8-1-3-10(4-2-8)16-7-9-6-13(9)11(14)15/h1-4,9H,6-7H2,(H,14,15)/t9-,13?/m0/s1. The second-order valence-electron chi connectivity index (χ2n) is 3.54. The van der Waals surface area contributed by atoms with E-state index in [9.17, 15) is 4.79 Å². The fourth-order valence-corrected chi connectivity index (χ4v) is 1.37. The summed E-state index contributed by atoms with van der Waals surface area (Å²) in [6.45, 7) is 0.893. The van der Waals surface area contributed by atoms with E-state index in [0.29, 0.717) is 24.5 Å². The molecule has 0 aromatic heterocycles. The molecule has 0 bridgehead atoms. The zero-order valence-corrected chi connectivity index (χ0v) is 8.46. The van der Waals surface area contributed by atoms with Crippen LogP contribution in [-0.4, -0.2) is 35.3 Å². The van der Waals surface area contributed by atoms with E-state index >= 15 is 0 Å². The normalized spacial score (nSPS) is 17.7. The Morgan fingerprint density at radius 2 is 2.25 bits per heavy atom. The summed E-state index contributed by atoms with van der Waals surface area (Å²) >= 11 is 0. The van der Waals surface area contributed by atoms with Gasteiger partial charge in [0.1, 0.15) is 12.4 Å². The first kappa shape index (κ1) is 10.3. The summed E-state index contributed by atoms with van der Waals surface area (Å²) in [5.41, 5.74) is 0.575. The molecule has 0 saturated carbocycles. The smallest absolute Gasteiger partial charge is 0.407 e. The molecular formula is C11H10N2O3. The molecule has 1 saturated heterocycles. The van der Waals surface area contributed by atoms with Gasteiger partial charge in [0.05, 0.1) is 17.7 Å². The Morgan fingerprint density at radius 3 is 2.75 bits per heavy atom. The van der Waals surface area contributed by atoms with Crippen LogP contribution < -0.4 is 4.74 Å². The van der Waals surface area contributed by atoms with Crippen LogP contribution in [0.2, 0.25) is 0 Å². The summed E-state index contributed by atoms with van der Waals surface area (Å²) in [4.78, 5) is 11.8. The lowest BCUT2D eigenvalue weighted by molar-refractivity contribution is 0.172. The summed E-state index contributed by atoms with van der Waals surface area (Å²) in [5.74, 6) is 0.649. The highest BCUT2D eigenvalue weighted by atomic mass is 16.5. The maximum absolute atomic E-state index is 10.5. The Morgan fingerprint density at radius 1 is 1.56 bits per heavy atom. The molecule has 82 valence electrons. The van der Waals surface area contributed by atoms with Gasteiger partial charge in [0.25, 0.3) is 0 Å². The molecule has 1 aromatic rings. The van der Waals surface area contributed by atoms with E-state index in [1.54, 1.807) is 24.3 Å². The quantitative estimate of drug-likeness (QED) is 0.776. The Labute approximate surface area is 92.5 Å². The lowest BCUT2D eigenvalue weighted by Crippen LogP contribution is -2.15. The molecule has 2 rings (SSSR count). The van der Waals surface area contributed by atoms with Crippen molar-refractivity contribution in [3.05, 3.63) is 29.8 Å². The third-order valence-corrected chi connectivity index (χ3v) is 2.39. The molecule has 1 aliphatic rings. The molecule has 1 fully saturated rings. The Bertz CT molecular complexity index is 436. The van der Waals surface area contributed by atoms with Crippen LogP contribution in [0.5, 0.6) is 5.75 Å². The SMILES string of the molecule is N#Cc1ccc(OC[C@@H]2CN2C(=O)O)cc1. The van der Waals surface area contributed by atoms with Gasteiger partial charge in [-0.15, -0.1) is 0 Å². The highest BCUT2D eigenvalue weighted by molar-refractivity contribution is 5.68. The number of carbonyl (C=O) groups is 1. The number of nitriles is 1. The molecule has 1 heterocycles. The van der Waals surface area contributed by atoms with Gasteiger partial charge in [-0.3, -0.25) is 4.90 Å². The summed E-state index contributed by atoms with van der Waals surface area (Å²) < 4.78 is 5.40. The van der Waals surface area contributed by atoms with Crippen molar-refractivity contribution in [1.29, 1.82) is 5.26 Å². The number of hydrogen-bond donors (Lipinski definition) is 1. The molecular weight excluding hydrogens is 208 g/mol. The van der Waals surface area contributed by atoms with Gasteiger partial charge in [-0.25, -0.2) is 4.79 Å². The molecule has 0 radical (unpaired) electrons. The topological polar surface area (TPSA) is 73.3 Å². The van der Waals surface area contributed by atoms with Crippen LogP contribution in [0.1, 0.15) is 5.56 Å². The van der Waals surface area contributed by atoms with Gasteiger partial charge >= 0.3 is 6.09 Å². The van der Waals surface area contributed by atoms with Crippen molar-refractivity contribution in [3.63, 3.8) is 0 Å². The van der Waals surface area contributed by atoms with Crippen LogP contribution in [0.4, 0.5) is 4.79 Å². The third-order valence-electron chi connectivity index (χ3n) is 2.39. The van der Waals surface area contributed by atoms with Crippen LogP contribution in [0, 0.1) is 11.3 Å². The number of amides is 1. The van der Waals surface area contributed by atoms with Gasteiger partial charge in [-0.1, -0.05) is 0 Å². The maximum Gasteiger partial charge on any atom is 0.407 e. The average Bonchev–Trinajstić information content (AvgIpc) is 3.06. The van der Waals surface area contributed by atoms with Gasteiger partial charge in [-0.2, -0.15) is 5.26 Å². The first-order chi connectivity index (χ1) is 7.70. The highest BCUT2D eigenvalue weighted by Crippen LogP contribution is 2.19. The minimum Gasteiger partial charge on any atom is -0.491 e. The monoisotopic (exact) mass is 218 g/mol. The number of hydrogen-bond acceptors (Lipinski definition) is 3. The van der Waals surface area contributed by atoms with E-state index in [1.807, 2.05) is 6.07 Å². The molecule has 1 aliphatic heterocycles. The predicted molar refractivity (Wildman–Crippen MR) is 55.2 cm³/mol. The lowest BCUT2D eigenvalue weighted by atomic mass is 10.2. The number of ether oxygens (including phenoxy) is 1. The van der Waals surface area contributed by atoms with Crippen LogP contribution in [0.15, 0.2) is 24.3 Å². The van der Waals surface area contributed by atoms with E-state index in [2.05, 4.69) is 0 Å². The molecule has 0 spiro atoms. The van der Waals surface area contributed by atoms with Crippen molar-refractivity contribution < 1.29 is 14.6 Å². The first-order valence-electron chi connectivity index (χ1n) is 4.83. The predicted octanol–water partition coefficient (Wildman–Crippen LogP) is 1.30. The lowest BCUT2D eigenvalue weighted by Gasteiger charge is -2.04. The van der Waals surface area contributed by atoms with Crippen molar-refractivity contribution >= 4 is 6.09 Å². The van der Waals surface area contributed by atoms with Crippen molar-refractivity contribution in [1.82, 2.24) is 4.90 Å². The first-order valence-corrected chi connectivity index (χ1v) is 4.83. The summed E-state index contributed by atoms with van der Waals surface area (Å²) in [6, 6.07) is 8.71. The van der Waals surface area contributed by atoms with Gasteiger partial charge in [0.2, 0.25) is 0 Å². The van der Waals surface area contributed by atoms with E-state index in [4.69, 9.17) is 15.1 Å². The number of benzene rings is 1. The molecule has 1 atom stereocenters. The summed E-state index contributed by atoms with van der Waals surface area (Å²) in [5, 5.41) is 17.2. The second-order valence-corrected chi connectivity index (χ2v) is 3.54. The summed E-state index contributed by atoms with van der Waals surface area (Å²) in [7, 11) is 0. The van der Waals surface area contributed by atoms with Crippen LogP contribution in [0.3, 0.4) is 0 Å². The van der Waals surface area contributed by atoms with Gasteiger partial charge in [0.15, 0.2) is 0 Å². The minimum absolute atomic E-state index is 0.0341. The minimum atomic E-state index is -0.909. The van der Waals surface area contributed by atoms with Crippen LogP contribution in [-0.2, 0) is 0 Å². The molecule has 0 aliphatic carbocycles. The Hall–Kier alpha value is -2.22. The average molecular weight is 218 g/mol. The number of carboxylic acid groups (broad SMARTS) is 1. The third kappa shape index (κ3) is 2.23. The van der Waals surface area contributed by atoms with E-state index in [0.717, 1.165) is 0 Å². The summed E-state index contributed by atoms with van der Waals surface area (Å²) in [6.07, 6.45) is -0.909. The number of nitrogens with zero attached hydrogens (tertiary/aromatic N) is 2. The van der Waals surface area contributed by atoms with Crippen LogP contribution >= 0.6 is 0 Å². The molecule has 0 unspecified atom stereocenters. The van der Waals surface area contributed by atoms with Crippen molar-refractivity contribution in [3.8, 4) is 11.8 Å². The van der Waals surface area contributed by atoms with Crippen LogP contribution in [0.25, 0.3) is 0 Å². The van der Waals surface area contributed by atoms with Crippen molar-refractivity contribution in [2.24, 2.45) is 0 Å². The van der Waals surface area contributed by atoms with Gasteiger partial charge in [0, 0.05) is 6.54 Å². The van der Waals surface area contributed by atoms with Gasteiger partial charge < -0.3 is 9.84 Å². The molecule has 5 nitrogen and oxygen atoms in total. The largest absolute Gasteiger partial charge is 0.491 e. The highest BCUT2D eigenvalue weighted by Gasteiger charge is 2.38. The van der Waals surface area contributed by atoms with E-state index in [1.165, 1.54) is 4.90 Å². The van der Waals surface area contributed by atoms with E-state index < -0.39 is 6.09 Å². The Balaban J connectivity index is 1.82. The zero-order valence-electron chi connectivity index (χ0n) is 8.46. The van der Waals surface area contributed by atoms with Crippen molar-refractivity contribution in [2.75, 3.05) is 13.2 Å². The second kappa shape index (κ2) is 4.11. The van der Waals surface area contributed by atoms with Crippen molar-refractivity contribution in [2.45, 2.75) is 6.04 Å². The molecule has 5 heteroatoms. The maximum atomic E-state index is 10.5. The molecule has 1 amide bonds. The van der Waals surface area contributed by atoms with E-state index in [-0.39, 0.29) is 6.04 Å². The fourth-order valence-electron chi connectivity index (χ4n) is 1.37. The molecule has 16 heavy (non-hydrogen) atoms. The Kier molecular flexibility index (Phi) is 2.64. The molecule has 1 aromatic carbocycles. The molecule has 1 N–H and O–H groups in total. The van der Waals surface area contributed by atoms with Gasteiger partial charge in [-0.05, 0) is 24.3 Å².